The van der Waals surface area contributed by atoms with Gasteiger partial charge in [0.25, 0.3) is 0 Å². The molecule has 3 rings (SSSR count). The molecule has 10 heteroatoms. The lowest BCUT2D eigenvalue weighted by molar-refractivity contribution is -0.115. The Morgan fingerprint density at radius 2 is 2.00 bits per heavy atom. The van der Waals surface area contributed by atoms with Crippen LogP contribution in [0.15, 0.2) is 46.0 Å². The summed E-state index contributed by atoms with van der Waals surface area (Å²) in [6.07, 6.45) is 0. The van der Waals surface area contributed by atoms with Crippen molar-refractivity contribution in [2.45, 2.75) is 37.8 Å². The first-order chi connectivity index (χ1) is 14.3. The van der Waals surface area contributed by atoms with Gasteiger partial charge in [0, 0.05) is 4.47 Å². The largest absolute Gasteiger partial charge is 0.485 e. The van der Waals surface area contributed by atoms with Crippen molar-refractivity contribution in [1.82, 2.24) is 14.9 Å². The summed E-state index contributed by atoms with van der Waals surface area (Å²) < 4.78 is 21.7. The van der Waals surface area contributed by atoms with E-state index in [-0.39, 0.29) is 18.2 Å². The SMILES string of the molecule is Cc1cccc(C)c1OCc1nnc(SC(C)C(=O)Nc2ccc(Br)cc2F)n1N. The van der Waals surface area contributed by atoms with Crippen LogP contribution >= 0.6 is 27.7 Å². The Balaban J connectivity index is 1.63. The maximum atomic E-state index is 13.9. The predicted molar refractivity (Wildman–Crippen MR) is 118 cm³/mol. The van der Waals surface area contributed by atoms with Gasteiger partial charge in [0.2, 0.25) is 11.1 Å². The molecule has 0 spiro atoms. The van der Waals surface area contributed by atoms with Crippen molar-refractivity contribution in [3.8, 4) is 5.75 Å². The molecule has 1 aromatic heterocycles. The zero-order valence-electron chi connectivity index (χ0n) is 16.6. The number of hydrogen-bond donors (Lipinski definition) is 2. The second-order valence-corrected chi connectivity index (χ2v) is 8.88. The Morgan fingerprint density at radius 3 is 2.67 bits per heavy atom. The van der Waals surface area contributed by atoms with Crippen molar-refractivity contribution in [2.24, 2.45) is 0 Å². The Labute approximate surface area is 186 Å². The molecule has 0 aliphatic carbocycles. The molecule has 1 heterocycles. The highest BCUT2D eigenvalue weighted by Gasteiger charge is 2.21. The third-order valence-electron chi connectivity index (χ3n) is 4.33. The molecule has 1 atom stereocenters. The Morgan fingerprint density at radius 1 is 1.30 bits per heavy atom. The van der Waals surface area contributed by atoms with E-state index < -0.39 is 11.1 Å². The molecule has 0 aliphatic rings. The van der Waals surface area contributed by atoms with Gasteiger partial charge in [0.15, 0.2) is 5.82 Å². The van der Waals surface area contributed by atoms with E-state index in [1.807, 2.05) is 32.0 Å². The maximum Gasteiger partial charge on any atom is 0.237 e. The number of hydrogen-bond acceptors (Lipinski definition) is 6. The maximum absolute atomic E-state index is 13.9. The number of carbonyl (C=O) groups is 1. The number of amides is 1. The van der Waals surface area contributed by atoms with Crippen LogP contribution in [0.3, 0.4) is 0 Å². The monoisotopic (exact) mass is 493 g/mol. The standard InChI is InChI=1S/C20H21BrFN5O2S/c1-11-5-4-6-12(2)18(11)29-10-17-25-26-20(27(17)23)30-13(3)19(28)24-16-8-7-14(21)9-15(16)22/h4-9,13H,10,23H2,1-3H3,(H,24,28). The number of anilines is 1. The second-order valence-electron chi connectivity index (χ2n) is 6.65. The lowest BCUT2D eigenvalue weighted by Gasteiger charge is -2.13. The van der Waals surface area contributed by atoms with Crippen LogP contribution in [0.1, 0.15) is 23.9 Å². The van der Waals surface area contributed by atoms with E-state index in [4.69, 9.17) is 10.6 Å². The summed E-state index contributed by atoms with van der Waals surface area (Å²) in [4.78, 5) is 12.4. The van der Waals surface area contributed by atoms with Crippen LogP contribution in [0.5, 0.6) is 5.75 Å². The average Bonchev–Trinajstić information content (AvgIpc) is 3.03. The number of halogens is 2. The first kappa shape index (κ1) is 22.1. The van der Waals surface area contributed by atoms with Crippen LogP contribution in [0.2, 0.25) is 0 Å². The quantitative estimate of drug-likeness (QED) is 0.378. The highest BCUT2D eigenvalue weighted by Crippen LogP contribution is 2.26. The number of nitrogens with two attached hydrogens (primary N) is 1. The lowest BCUT2D eigenvalue weighted by atomic mass is 10.1. The van der Waals surface area contributed by atoms with Crippen molar-refractivity contribution in [3.63, 3.8) is 0 Å². The first-order valence-corrected chi connectivity index (χ1v) is 10.7. The molecular formula is C20H21BrFN5O2S. The van der Waals surface area contributed by atoms with Crippen LogP contribution in [-0.4, -0.2) is 26.0 Å². The van der Waals surface area contributed by atoms with E-state index in [0.717, 1.165) is 28.6 Å². The number of nitrogens with one attached hydrogen (secondary N) is 1. The number of carbonyl (C=O) groups excluding carboxylic acids is 1. The number of rotatable bonds is 7. The van der Waals surface area contributed by atoms with Gasteiger partial charge in [0.05, 0.1) is 10.9 Å². The molecule has 0 aliphatic heterocycles. The van der Waals surface area contributed by atoms with Gasteiger partial charge in [-0.1, -0.05) is 45.9 Å². The van der Waals surface area contributed by atoms with E-state index in [1.165, 1.54) is 16.8 Å². The van der Waals surface area contributed by atoms with Gasteiger partial charge < -0.3 is 15.9 Å². The molecule has 1 amide bonds. The molecule has 1 unspecified atom stereocenters. The van der Waals surface area contributed by atoms with Crippen LogP contribution in [0.25, 0.3) is 0 Å². The molecule has 2 aromatic carbocycles. The molecule has 0 saturated heterocycles. The molecule has 30 heavy (non-hydrogen) atoms. The molecule has 3 N–H and O–H groups in total. The fourth-order valence-corrected chi connectivity index (χ4v) is 3.81. The van der Waals surface area contributed by atoms with Crippen molar-refractivity contribution in [1.29, 1.82) is 0 Å². The summed E-state index contributed by atoms with van der Waals surface area (Å²) >= 11 is 4.30. The lowest BCUT2D eigenvalue weighted by Crippen LogP contribution is -2.24. The summed E-state index contributed by atoms with van der Waals surface area (Å²) in [5.74, 6) is 6.38. The Hall–Kier alpha value is -2.59. The first-order valence-electron chi connectivity index (χ1n) is 9.07. The highest BCUT2D eigenvalue weighted by molar-refractivity contribution is 9.10. The minimum Gasteiger partial charge on any atom is -0.485 e. The average molecular weight is 494 g/mol. The second kappa shape index (κ2) is 9.48. The summed E-state index contributed by atoms with van der Waals surface area (Å²) in [7, 11) is 0. The number of benzene rings is 2. The zero-order chi connectivity index (χ0) is 21.8. The number of nitrogens with zero attached hydrogens (tertiary/aromatic N) is 3. The number of para-hydroxylation sites is 1. The van der Waals surface area contributed by atoms with E-state index in [2.05, 4.69) is 31.4 Å². The summed E-state index contributed by atoms with van der Waals surface area (Å²) in [5.41, 5.74) is 2.13. The van der Waals surface area contributed by atoms with Crippen molar-refractivity contribution < 1.29 is 13.9 Å². The smallest absolute Gasteiger partial charge is 0.237 e. The summed E-state index contributed by atoms with van der Waals surface area (Å²) in [6, 6.07) is 10.3. The molecule has 0 radical (unpaired) electrons. The van der Waals surface area contributed by atoms with Gasteiger partial charge in [-0.05, 0) is 50.1 Å². The third-order valence-corrected chi connectivity index (χ3v) is 5.88. The molecule has 3 aromatic rings. The number of thioether (sulfide) groups is 1. The molecule has 7 nitrogen and oxygen atoms in total. The van der Waals surface area contributed by atoms with E-state index in [9.17, 15) is 9.18 Å². The van der Waals surface area contributed by atoms with Crippen molar-refractivity contribution in [2.75, 3.05) is 11.2 Å². The van der Waals surface area contributed by atoms with Gasteiger partial charge in [0.1, 0.15) is 18.2 Å². The normalized spacial score (nSPS) is 11.9. The van der Waals surface area contributed by atoms with Gasteiger partial charge in [-0.3, -0.25) is 4.79 Å². The Bertz CT molecular complexity index is 1060. The summed E-state index contributed by atoms with van der Waals surface area (Å²) in [5, 5.41) is 10.4. The fourth-order valence-electron chi connectivity index (χ4n) is 2.69. The molecule has 0 fully saturated rings. The summed E-state index contributed by atoms with van der Waals surface area (Å²) in [6.45, 7) is 5.75. The minimum absolute atomic E-state index is 0.104. The highest BCUT2D eigenvalue weighted by atomic mass is 79.9. The van der Waals surface area contributed by atoms with Crippen molar-refractivity contribution in [3.05, 3.63) is 63.6 Å². The third kappa shape index (κ3) is 5.11. The Kier molecular flexibility index (Phi) is 6.99. The van der Waals surface area contributed by atoms with E-state index >= 15 is 0 Å². The molecular weight excluding hydrogens is 473 g/mol. The molecule has 0 saturated carbocycles. The molecule has 0 bridgehead atoms. The number of nitrogen functional groups attached to an aromatic ring is 1. The molecule has 158 valence electrons. The van der Waals surface area contributed by atoms with Crippen molar-refractivity contribution >= 4 is 39.3 Å². The van der Waals surface area contributed by atoms with Gasteiger partial charge in [-0.25, -0.2) is 9.07 Å². The van der Waals surface area contributed by atoms with Crippen LogP contribution < -0.4 is 15.9 Å². The predicted octanol–water partition coefficient (Wildman–Crippen LogP) is 4.21. The topological polar surface area (TPSA) is 95.1 Å². The minimum atomic E-state index is -0.577. The van der Waals surface area contributed by atoms with E-state index in [0.29, 0.717) is 15.5 Å². The van der Waals surface area contributed by atoms with Gasteiger partial charge in [-0.2, -0.15) is 0 Å². The number of ether oxygens (including phenoxy) is 1. The van der Waals surface area contributed by atoms with Crippen LogP contribution in [0.4, 0.5) is 10.1 Å². The number of aromatic nitrogens is 3. The van der Waals surface area contributed by atoms with Gasteiger partial charge in [-0.15, -0.1) is 10.2 Å². The van der Waals surface area contributed by atoms with Gasteiger partial charge >= 0.3 is 0 Å². The van der Waals surface area contributed by atoms with Crippen LogP contribution in [-0.2, 0) is 11.4 Å². The fraction of sp³-hybridized carbons (Fsp3) is 0.250. The van der Waals surface area contributed by atoms with Crippen LogP contribution in [0, 0.1) is 19.7 Å². The zero-order valence-corrected chi connectivity index (χ0v) is 19.1. The van der Waals surface area contributed by atoms with E-state index in [1.54, 1.807) is 13.0 Å². The number of aryl methyl sites for hydroxylation is 2.